The molecule has 0 aliphatic heterocycles. The summed E-state index contributed by atoms with van der Waals surface area (Å²) in [7, 11) is 0. The number of hydrogen-bond donors (Lipinski definition) is 2. The highest BCUT2D eigenvalue weighted by molar-refractivity contribution is 5.94. The number of carbonyl (C=O) groups is 1. The Balaban J connectivity index is 2.01. The van der Waals surface area contributed by atoms with E-state index in [4.69, 9.17) is 11.5 Å². The lowest BCUT2D eigenvalue weighted by molar-refractivity contribution is 0.0925. The third kappa shape index (κ3) is 2.73. The quantitative estimate of drug-likeness (QED) is 0.839. The van der Waals surface area contributed by atoms with E-state index in [9.17, 15) is 4.79 Å². The highest BCUT2D eigenvalue weighted by Gasteiger charge is 2.27. The lowest BCUT2D eigenvalue weighted by Crippen LogP contribution is -2.37. The van der Waals surface area contributed by atoms with Gasteiger partial charge in [-0.05, 0) is 37.8 Å². The molecule has 5 heteroatoms. The van der Waals surface area contributed by atoms with Crippen molar-refractivity contribution in [3.05, 3.63) is 46.8 Å². The Bertz CT molecular complexity index is 786. The maximum Gasteiger partial charge on any atom is 0.273 e. The molecule has 2 N–H and O–H groups in total. The van der Waals surface area contributed by atoms with Gasteiger partial charge in [-0.25, -0.2) is 4.68 Å². The smallest absolute Gasteiger partial charge is 0.273 e. The highest BCUT2D eigenvalue weighted by Crippen LogP contribution is 2.28. The summed E-state index contributed by atoms with van der Waals surface area (Å²) in [4.78, 5) is 12.5. The number of terminal acetylenes is 1. The summed E-state index contributed by atoms with van der Waals surface area (Å²) in [6.07, 6.45) is 8.04. The standard InChI is InChI=1S/C18H19N3O2/c1-3-13(11-22)19-18(23)17-14-8-6-10-16(14)21(20-17)15-9-5-4-7-12(15)2/h1,4-5,7,9,13,22H,6,8,10-11H2,2H3,(H,19,23)/t13-/m0/s1. The maximum atomic E-state index is 12.5. The second kappa shape index (κ2) is 6.27. The van der Waals surface area contributed by atoms with Crippen molar-refractivity contribution >= 4 is 5.91 Å². The van der Waals surface area contributed by atoms with E-state index in [-0.39, 0.29) is 12.5 Å². The third-order valence-electron chi connectivity index (χ3n) is 4.18. The Kier molecular flexibility index (Phi) is 4.18. The molecule has 0 spiro atoms. The normalized spacial score (nSPS) is 14.1. The number of aromatic nitrogens is 2. The number of hydrogen-bond acceptors (Lipinski definition) is 3. The van der Waals surface area contributed by atoms with Crippen LogP contribution >= 0.6 is 0 Å². The molecule has 0 saturated carbocycles. The number of para-hydroxylation sites is 1. The fourth-order valence-corrected chi connectivity index (χ4v) is 2.99. The van der Waals surface area contributed by atoms with Crippen molar-refractivity contribution in [1.29, 1.82) is 0 Å². The van der Waals surface area contributed by atoms with Gasteiger partial charge >= 0.3 is 0 Å². The maximum absolute atomic E-state index is 12.5. The molecule has 1 aromatic carbocycles. The topological polar surface area (TPSA) is 67.2 Å². The largest absolute Gasteiger partial charge is 0.393 e. The van der Waals surface area contributed by atoms with Crippen LogP contribution in [-0.2, 0) is 12.8 Å². The molecule has 1 aromatic heterocycles. The van der Waals surface area contributed by atoms with Gasteiger partial charge in [0.2, 0.25) is 0 Å². The average Bonchev–Trinajstić information content (AvgIpc) is 3.15. The van der Waals surface area contributed by atoms with E-state index in [2.05, 4.69) is 16.3 Å². The van der Waals surface area contributed by atoms with E-state index >= 15 is 0 Å². The van der Waals surface area contributed by atoms with E-state index in [1.165, 1.54) is 0 Å². The minimum absolute atomic E-state index is 0.289. The van der Waals surface area contributed by atoms with Crippen LogP contribution in [0.3, 0.4) is 0 Å². The van der Waals surface area contributed by atoms with Crippen LogP contribution in [0.15, 0.2) is 24.3 Å². The molecule has 0 unspecified atom stereocenters. The van der Waals surface area contributed by atoms with E-state index < -0.39 is 6.04 Å². The number of carbonyl (C=O) groups excluding carboxylic acids is 1. The Labute approximate surface area is 135 Å². The van der Waals surface area contributed by atoms with Crippen molar-refractivity contribution in [3.8, 4) is 18.0 Å². The molecule has 1 atom stereocenters. The minimum Gasteiger partial charge on any atom is -0.393 e. The predicted octanol–water partition coefficient (Wildman–Crippen LogP) is 1.39. The summed E-state index contributed by atoms with van der Waals surface area (Å²) < 4.78 is 1.87. The number of rotatable bonds is 4. The molecule has 1 aliphatic carbocycles. The van der Waals surface area contributed by atoms with E-state index in [1.807, 2.05) is 35.9 Å². The van der Waals surface area contributed by atoms with Crippen molar-refractivity contribution in [3.63, 3.8) is 0 Å². The number of aliphatic hydroxyl groups is 1. The van der Waals surface area contributed by atoms with Crippen LogP contribution in [0.5, 0.6) is 0 Å². The van der Waals surface area contributed by atoms with Crippen molar-refractivity contribution in [1.82, 2.24) is 15.1 Å². The summed E-state index contributed by atoms with van der Waals surface area (Å²) >= 11 is 0. The van der Waals surface area contributed by atoms with Gasteiger partial charge in [0, 0.05) is 11.3 Å². The van der Waals surface area contributed by atoms with Crippen LogP contribution in [0.4, 0.5) is 0 Å². The molecule has 1 aliphatic rings. The average molecular weight is 309 g/mol. The number of aliphatic hydroxyl groups excluding tert-OH is 1. The highest BCUT2D eigenvalue weighted by atomic mass is 16.3. The minimum atomic E-state index is -0.692. The molecule has 2 aromatic rings. The van der Waals surface area contributed by atoms with Gasteiger partial charge in [0.05, 0.1) is 12.3 Å². The summed E-state index contributed by atoms with van der Waals surface area (Å²) in [5.74, 6) is 2.02. The lowest BCUT2D eigenvalue weighted by Gasteiger charge is -2.09. The van der Waals surface area contributed by atoms with Crippen LogP contribution in [0, 0.1) is 19.3 Å². The summed E-state index contributed by atoms with van der Waals surface area (Å²) in [5, 5.41) is 16.3. The van der Waals surface area contributed by atoms with Crippen molar-refractivity contribution < 1.29 is 9.90 Å². The van der Waals surface area contributed by atoms with Crippen LogP contribution in [0.2, 0.25) is 0 Å². The second-order valence-corrected chi connectivity index (χ2v) is 5.70. The molecule has 3 rings (SSSR count). The number of aryl methyl sites for hydroxylation is 1. The first-order valence-electron chi connectivity index (χ1n) is 7.70. The molecule has 0 radical (unpaired) electrons. The second-order valence-electron chi connectivity index (χ2n) is 5.70. The number of amides is 1. The molecule has 0 saturated heterocycles. The number of fused-ring (bicyclic) bond motifs is 1. The van der Waals surface area contributed by atoms with E-state index in [1.54, 1.807) is 0 Å². The molecule has 0 fully saturated rings. The monoisotopic (exact) mass is 309 g/mol. The Hall–Kier alpha value is -2.58. The fraction of sp³-hybridized carbons (Fsp3) is 0.333. The van der Waals surface area contributed by atoms with Gasteiger partial charge in [0.1, 0.15) is 6.04 Å². The first-order chi connectivity index (χ1) is 11.2. The molecule has 1 amide bonds. The number of benzene rings is 1. The summed E-state index contributed by atoms with van der Waals surface area (Å²) in [5.41, 5.74) is 4.58. The van der Waals surface area contributed by atoms with Crippen LogP contribution in [-0.4, -0.2) is 33.4 Å². The summed E-state index contributed by atoms with van der Waals surface area (Å²) in [6.45, 7) is 1.74. The van der Waals surface area contributed by atoms with Gasteiger partial charge in [-0.1, -0.05) is 24.1 Å². The van der Waals surface area contributed by atoms with Gasteiger partial charge in [0.25, 0.3) is 5.91 Å². The molecule has 23 heavy (non-hydrogen) atoms. The van der Waals surface area contributed by atoms with E-state index in [0.717, 1.165) is 41.8 Å². The molecule has 5 nitrogen and oxygen atoms in total. The third-order valence-corrected chi connectivity index (χ3v) is 4.18. The van der Waals surface area contributed by atoms with E-state index in [0.29, 0.717) is 5.69 Å². The molecule has 0 bridgehead atoms. The van der Waals surface area contributed by atoms with Gasteiger partial charge in [-0.2, -0.15) is 5.10 Å². The van der Waals surface area contributed by atoms with Crippen molar-refractivity contribution in [2.24, 2.45) is 0 Å². The van der Waals surface area contributed by atoms with Crippen LogP contribution < -0.4 is 5.32 Å². The molecular weight excluding hydrogens is 290 g/mol. The zero-order chi connectivity index (χ0) is 16.4. The van der Waals surface area contributed by atoms with Crippen molar-refractivity contribution in [2.45, 2.75) is 32.2 Å². The number of nitrogens with one attached hydrogen (secondary N) is 1. The number of nitrogens with zero attached hydrogens (tertiary/aromatic N) is 2. The van der Waals surface area contributed by atoms with Crippen molar-refractivity contribution in [2.75, 3.05) is 6.61 Å². The fourth-order valence-electron chi connectivity index (χ4n) is 2.99. The first kappa shape index (κ1) is 15.3. The van der Waals surface area contributed by atoms with Crippen LogP contribution in [0.25, 0.3) is 5.69 Å². The zero-order valence-corrected chi connectivity index (χ0v) is 13.0. The van der Waals surface area contributed by atoms with Gasteiger partial charge in [-0.15, -0.1) is 6.42 Å². The SMILES string of the molecule is C#C[C@@H](CO)NC(=O)c1nn(-c2ccccc2C)c2c1CCC2. The molecule has 1 heterocycles. The molecule has 118 valence electrons. The zero-order valence-electron chi connectivity index (χ0n) is 13.0. The Morgan fingerprint density at radius 3 is 2.96 bits per heavy atom. The molecular formula is C18H19N3O2. The lowest BCUT2D eigenvalue weighted by atomic mass is 10.1. The van der Waals surface area contributed by atoms with Gasteiger partial charge in [0.15, 0.2) is 5.69 Å². The summed E-state index contributed by atoms with van der Waals surface area (Å²) in [6, 6.07) is 7.28. The Morgan fingerprint density at radius 2 is 2.26 bits per heavy atom. The first-order valence-corrected chi connectivity index (χ1v) is 7.70. The van der Waals surface area contributed by atoms with Gasteiger partial charge in [-0.3, -0.25) is 4.79 Å². The van der Waals surface area contributed by atoms with Gasteiger partial charge < -0.3 is 10.4 Å². The van der Waals surface area contributed by atoms with Crippen LogP contribution in [0.1, 0.15) is 33.7 Å². The Morgan fingerprint density at radius 1 is 1.48 bits per heavy atom. The predicted molar refractivity (Wildman–Crippen MR) is 87.5 cm³/mol.